The van der Waals surface area contributed by atoms with Crippen molar-refractivity contribution in [2.75, 3.05) is 32.8 Å². The first-order valence-electron chi connectivity index (χ1n) is 7.11. The van der Waals surface area contributed by atoms with Gasteiger partial charge >= 0.3 is 5.97 Å². The highest BCUT2D eigenvalue weighted by atomic mass is 16.7. The molecular weight excluding hydrogens is 246 g/mol. The average molecular weight is 271 g/mol. The largest absolute Gasteiger partial charge is 0.459 e. The van der Waals surface area contributed by atoms with Crippen LogP contribution >= 0.6 is 0 Å². The summed E-state index contributed by atoms with van der Waals surface area (Å²) in [5.41, 5.74) is -0.402. The summed E-state index contributed by atoms with van der Waals surface area (Å²) in [5, 5.41) is 0. The van der Waals surface area contributed by atoms with Crippen molar-refractivity contribution in [2.45, 2.75) is 45.5 Å². The van der Waals surface area contributed by atoms with Crippen LogP contribution in [0.2, 0.25) is 0 Å². The zero-order valence-corrected chi connectivity index (χ0v) is 12.2. The lowest BCUT2D eigenvalue weighted by Crippen LogP contribution is -2.42. The van der Waals surface area contributed by atoms with Gasteiger partial charge in [0.05, 0.1) is 19.8 Å². The monoisotopic (exact) mass is 271 g/mol. The van der Waals surface area contributed by atoms with Crippen LogP contribution in [0, 0.1) is 5.92 Å². The number of esters is 1. The predicted octanol–water partition coefficient (Wildman–Crippen LogP) is 1.41. The van der Waals surface area contributed by atoms with E-state index in [2.05, 4.69) is 4.90 Å². The number of carbonyl (C=O) groups is 1. The van der Waals surface area contributed by atoms with E-state index < -0.39 is 5.60 Å². The van der Waals surface area contributed by atoms with Crippen LogP contribution in [0.4, 0.5) is 0 Å². The summed E-state index contributed by atoms with van der Waals surface area (Å²) in [6.07, 6.45) is 2.02. The summed E-state index contributed by atoms with van der Waals surface area (Å²) in [7, 11) is 0. The predicted molar refractivity (Wildman–Crippen MR) is 70.7 cm³/mol. The third-order valence-corrected chi connectivity index (χ3v) is 3.44. The minimum atomic E-state index is -0.402. The Morgan fingerprint density at radius 1 is 1.21 bits per heavy atom. The van der Waals surface area contributed by atoms with Crippen LogP contribution in [0.3, 0.4) is 0 Å². The summed E-state index contributed by atoms with van der Waals surface area (Å²) in [4.78, 5) is 13.9. The molecule has 2 saturated heterocycles. The maximum absolute atomic E-state index is 11.8. The molecule has 19 heavy (non-hydrogen) atoms. The van der Waals surface area contributed by atoms with Crippen molar-refractivity contribution in [3.8, 4) is 0 Å². The Kier molecular flexibility index (Phi) is 4.81. The van der Waals surface area contributed by atoms with Crippen LogP contribution in [0.25, 0.3) is 0 Å². The number of hydrogen-bond donors (Lipinski definition) is 0. The highest BCUT2D eigenvalue weighted by Gasteiger charge is 2.31. The van der Waals surface area contributed by atoms with Gasteiger partial charge in [-0.3, -0.25) is 9.69 Å². The van der Waals surface area contributed by atoms with Gasteiger partial charge in [0.15, 0.2) is 6.29 Å². The van der Waals surface area contributed by atoms with Gasteiger partial charge in [-0.2, -0.15) is 0 Å². The first-order valence-corrected chi connectivity index (χ1v) is 7.11. The fourth-order valence-electron chi connectivity index (χ4n) is 2.59. The van der Waals surface area contributed by atoms with E-state index in [1.807, 2.05) is 20.8 Å². The molecule has 2 heterocycles. The number of carbonyl (C=O) groups excluding carboxylic acids is 1. The lowest BCUT2D eigenvalue weighted by molar-refractivity contribution is -0.157. The van der Waals surface area contributed by atoms with Crippen molar-refractivity contribution in [1.29, 1.82) is 0 Å². The van der Waals surface area contributed by atoms with Gasteiger partial charge in [-0.1, -0.05) is 0 Å². The van der Waals surface area contributed by atoms with Crippen LogP contribution in [-0.4, -0.2) is 55.6 Å². The Balaban J connectivity index is 1.69. The highest BCUT2D eigenvalue weighted by molar-refractivity contribution is 5.72. The molecule has 0 N–H and O–H groups in total. The molecule has 5 heteroatoms. The molecule has 0 aromatic rings. The number of likely N-dealkylation sites (tertiary alicyclic amines) is 1. The van der Waals surface area contributed by atoms with E-state index in [1.54, 1.807) is 0 Å². The number of ether oxygens (including phenoxy) is 3. The molecule has 0 unspecified atom stereocenters. The van der Waals surface area contributed by atoms with Crippen molar-refractivity contribution >= 4 is 5.97 Å². The molecule has 0 radical (unpaired) electrons. The molecule has 0 atom stereocenters. The summed E-state index contributed by atoms with van der Waals surface area (Å²) >= 11 is 0. The summed E-state index contributed by atoms with van der Waals surface area (Å²) in [5.74, 6) is 0.330. The van der Waals surface area contributed by atoms with Crippen LogP contribution < -0.4 is 0 Å². The molecule has 0 aliphatic carbocycles. The molecule has 5 nitrogen and oxygen atoms in total. The van der Waals surface area contributed by atoms with Gasteiger partial charge in [0.2, 0.25) is 0 Å². The fraction of sp³-hybridized carbons (Fsp3) is 0.929. The van der Waals surface area contributed by atoms with Crippen LogP contribution in [0.1, 0.15) is 33.6 Å². The first kappa shape index (κ1) is 14.8. The first-order chi connectivity index (χ1) is 8.94. The summed E-state index contributed by atoms with van der Waals surface area (Å²) in [6.45, 7) is 9.31. The van der Waals surface area contributed by atoms with Gasteiger partial charge in [-0.15, -0.1) is 0 Å². The van der Waals surface area contributed by atoms with Gasteiger partial charge in [0.1, 0.15) is 5.60 Å². The highest BCUT2D eigenvalue weighted by Crippen LogP contribution is 2.25. The molecule has 2 fully saturated rings. The van der Waals surface area contributed by atoms with Crippen LogP contribution in [0.15, 0.2) is 0 Å². The van der Waals surface area contributed by atoms with E-state index in [-0.39, 0.29) is 12.3 Å². The Morgan fingerprint density at radius 2 is 1.79 bits per heavy atom. The van der Waals surface area contributed by atoms with E-state index in [0.717, 1.165) is 25.9 Å². The smallest absolute Gasteiger partial charge is 0.320 e. The maximum atomic E-state index is 11.8. The maximum Gasteiger partial charge on any atom is 0.320 e. The van der Waals surface area contributed by atoms with Crippen molar-refractivity contribution in [3.63, 3.8) is 0 Å². The molecular formula is C14H25NO4. The number of piperidine rings is 1. The quantitative estimate of drug-likeness (QED) is 0.726. The molecule has 2 aliphatic rings. The average Bonchev–Trinajstić information content (AvgIpc) is 2.80. The molecule has 0 bridgehead atoms. The van der Waals surface area contributed by atoms with Gasteiger partial charge in [0.25, 0.3) is 0 Å². The second kappa shape index (κ2) is 6.20. The van der Waals surface area contributed by atoms with E-state index in [9.17, 15) is 4.79 Å². The molecule has 0 aromatic heterocycles. The van der Waals surface area contributed by atoms with Gasteiger partial charge < -0.3 is 14.2 Å². The van der Waals surface area contributed by atoms with Crippen LogP contribution in [0.5, 0.6) is 0 Å². The molecule has 0 spiro atoms. The number of rotatable bonds is 3. The minimum absolute atomic E-state index is 0.0244. The SMILES string of the molecule is CC(C)(C)OC(=O)CN1CCC(C2OCCO2)CC1. The van der Waals surface area contributed by atoms with Gasteiger partial charge in [0, 0.05) is 5.92 Å². The summed E-state index contributed by atoms with van der Waals surface area (Å²) in [6, 6.07) is 0. The Morgan fingerprint density at radius 3 is 2.32 bits per heavy atom. The molecule has 110 valence electrons. The van der Waals surface area contributed by atoms with E-state index >= 15 is 0 Å². The second-order valence-electron chi connectivity index (χ2n) is 6.31. The van der Waals surface area contributed by atoms with Gasteiger partial charge in [-0.25, -0.2) is 0 Å². The third kappa shape index (κ3) is 4.75. The number of nitrogens with zero attached hydrogens (tertiary/aromatic N) is 1. The Hall–Kier alpha value is -0.650. The van der Waals surface area contributed by atoms with E-state index in [4.69, 9.17) is 14.2 Å². The van der Waals surface area contributed by atoms with E-state index in [1.165, 1.54) is 0 Å². The minimum Gasteiger partial charge on any atom is -0.459 e. The second-order valence-corrected chi connectivity index (χ2v) is 6.31. The zero-order valence-electron chi connectivity index (χ0n) is 12.2. The lowest BCUT2D eigenvalue weighted by atomic mass is 9.96. The third-order valence-electron chi connectivity index (χ3n) is 3.44. The molecule has 2 aliphatic heterocycles. The van der Waals surface area contributed by atoms with Crippen LogP contribution in [-0.2, 0) is 19.0 Å². The molecule has 2 rings (SSSR count). The normalized spacial score (nSPS) is 23.7. The number of hydrogen-bond acceptors (Lipinski definition) is 5. The Bertz CT molecular complexity index is 299. The van der Waals surface area contributed by atoms with Crippen molar-refractivity contribution in [2.24, 2.45) is 5.92 Å². The van der Waals surface area contributed by atoms with Crippen molar-refractivity contribution < 1.29 is 19.0 Å². The van der Waals surface area contributed by atoms with E-state index in [0.29, 0.717) is 25.7 Å². The molecule has 0 saturated carbocycles. The molecule has 0 amide bonds. The summed E-state index contributed by atoms with van der Waals surface area (Å²) < 4.78 is 16.4. The topological polar surface area (TPSA) is 48.0 Å². The van der Waals surface area contributed by atoms with Gasteiger partial charge in [-0.05, 0) is 46.7 Å². The zero-order chi connectivity index (χ0) is 13.9. The lowest BCUT2D eigenvalue weighted by Gasteiger charge is -2.33. The fourth-order valence-corrected chi connectivity index (χ4v) is 2.59. The Labute approximate surface area is 115 Å². The standard InChI is InChI=1S/C14H25NO4/c1-14(2,3)19-12(16)10-15-6-4-11(5-7-15)13-17-8-9-18-13/h11,13H,4-10H2,1-3H3. The van der Waals surface area contributed by atoms with Crippen molar-refractivity contribution in [1.82, 2.24) is 4.90 Å². The molecule has 0 aromatic carbocycles. The van der Waals surface area contributed by atoms with Crippen molar-refractivity contribution in [3.05, 3.63) is 0 Å².